The predicted molar refractivity (Wildman–Crippen MR) is 83.4 cm³/mol. The maximum Gasteiger partial charge on any atom is 0.243 e. The summed E-state index contributed by atoms with van der Waals surface area (Å²) in [6.45, 7) is 2.57. The molecule has 0 saturated heterocycles. The molecule has 3 rings (SSSR count). The van der Waals surface area contributed by atoms with Crippen molar-refractivity contribution in [2.24, 2.45) is 0 Å². The van der Waals surface area contributed by atoms with Gasteiger partial charge in [-0.25, -0.2) is 13.4 Å². The fourth-order valence-electron chi connectivity index (χ4n) is 2.50. The van der Waals surface area contributed by atoms with Crippen LogP contribution in [0.1, 0.15) is 26.2 Å². The van der Waals surface area contributed by atoms with Crippen LogP contribution >= 0.6 is 0 Å². The first-order valence-corrected chi connectivity index (χ1v) is 8.64. The van der Waals surface area contributed by atoms with Crippen LogP contribution in [0.25, 0.3) is 10.9 Å². The largest absolute Gasteiger partial charge is 0.384 e. The summed E-state index contributed by atoms with van der Waals surface area (Å²) < 4.78 is 27.2. The zero-order valence-corrected chi connectivity index (χ0v) is 12.8. The van der Waals surface area contributed by atoms with Crippen LogP contribution in [0.2, 0.25) is 0 Å². The second-order valence-corrected chi connectivity index (χ2v) is 7.33. The number of pyridine rings is 1. The van der Waals surface area contributed by atoms with Gasteiger partial charge in [0.2, 0.25) is 10.0 Å². The molecule has 0 spiro atoms. The number of nitrogens with zero attached hydrogens (tertiary/aromatic N) is 2. The van der Waals surface area contributed by atoms with Crippen molar-refractivity contribution in [1.29, 1.82) is 0 Å². The minimum atomic E-state index is -3.43. The number of aromatic nitrogens is 1. The van der Waals surface area contributed by atoms with E-state index in [0.29, 0.717) is 22.8 Å². The molecule has 1 aliphatic carbocycles. The number of benzene rings is 1. The highest BCUT2D eigenvalue weighted by Crippen LogP contribution is 2.32. The van der Waals surface area contributed by atoms with Crippen LogP contribution in [-0.4, -0.2) is 30.3 Å². The minimum Gasteiger partial charge on any atom is -0.384 e. The Balaban J connectivity index is 2.03. The molecule has 2 N–H and O–H groups in total. The van der Waals surface area contributed by atoms with Gasteiger partial charge in [0.25, 0.3) is 0 Å². The summed E-state index contributed by atoms with van der Waals surface area (Å²) in [4.78, 5) is 4.53. The quantitative estimate of drug-likeness (QED) is 0.920. The summed E-state index contributed by atoms with van der Waals surface area (Å²) >= 11 is 0. The van der Waals surface area contributed by atoms with Gasteiger partial charge < -0.3 is 5.73 Å². The molecule has 1 heterocycles. The van der Waals surface area contributed by atoms with Gasteiger partial charge in [0.15, 0.2) is 0 Å². The van der Waals surface area contributed by atoms with E-state index in [1.54, 1.807) is 34.6 Å². The molecule has 0 radical (unpaired) electrons. The first-order chi connectivity index (χ1) is 10.0. The zero-order valence-electron chi connectivity index (χ0n) is 12.0. The molecule has 0 amide bonds. The molecule has 1 aromatic carbocycles. The SMILES string of the molecule is CCCN(C1CC1)S(=O)(=O)c1ccc2nc(N)ccc2c1. The van der Waals surface area contributed by atoms with E-state index >= 15 is 0 Å². The van der Waals surface area contributed by atoms with E-state index in [1.807, 2.05) is 6.92 Å². The van der Waals surface area contributed by atoms with Crippen LogP contribution in [-0.2, 0) is 10.0 Å². The number of hydrogen-bond donors (Lipinski definition) is 1. The van der Waals surface area contributed by atoms with Crippen molar-refractivity contribution in [2.45, 2.75) is 37.1 Å². The Bertz CT molecular complexity index is 770. The average molecular weight is 305 g/mol. The van der Waals surface area contributed by atoms with Gasteiger partial charge in [0.1, 0.15) is 5.82 Å². The second kappa shape index (κ2) is 5.27. The van der Waals surface area contributed by atoms with E-state index in [0.717, 1.165) is 24.6 Å². The van der Waals surface area contributed by atoms with Gasteiger partial charge in [0.05, 0.1) is 10.4 Å². The van der Waals surface area contributed by atoms with E-state index in [9.17, 15) is 8.42 Å². The van der Waals surface area contributed by atoms with Crippen molar-refractivity contribution in [1.82, 2.24) is 9.29 Å². The van der Waals surface area contributed by atoms with Crippen LogP contribution in [0, 0.1) is 0 Å². The molecule has 5 nitrogen and oxygen atoms in total. The fourth-order valence-corrected chi connectivity index (χ4v) is 4.31. The molecular formula is C15H19N3O2S. The first-order valence-electron chi connectivity index (χ1n) is 7.20. The lowest BCUT2D eigenvalue weighted by Gasteiger charge is -2.21. The van der Waals surface area contributed by atoms with E-state index in [-0.39, 0.29) is 6.04 Å². The Kier molecular flexibility index (Phi) is 3.59. The summed E-state index contributed by atoms with van der Waals surface area (Å²) in [7, 11) is -3.43. The Hall–Kier alpha value is -1.66. The van der Waals surface area contributed by atoms with Gasteiger partial charge in [-0.15, -0.1) is 0 Å². The summed E-state index contributed by atoms with van der Waals surface area (Å²) in [6.07, 6.45) is 2.75. The zero-order chi connectivity index (χ0) is 15.0. The maximum absolute atomic E-state index is 12.8. The lowest BCUT2D eigenvalue weighted by atomic mass is 10.2. The monoisotopic (exact) mass is 305 g/mol. The van der Waals surface area contributed by atoms with Crippen molar-refractivity contribution in [3.63, 3.8) is 0 Å². The van der Waals surface area contributed by atoms with Crippen LogP contribution in [0.15, 0.2) is 35.2 Å². The third-order valence-electron chi connectivity index (χ3n) is 3.69. The number of fused-ring (bicyclic) bond motifs is 1. The summed E-state index contributed by atoms with van der Waals surface area (Å²) in [5, 5.41) is 0.789. The fraction of sp³-hybridized carbons (Fsp3) is 0.400. The van der Waals surface area contributed by atoms with Gasteiger partial charge in [-0.1, -0.05) is 6.92 Å². The summed E-state index contributed by atoms with van der Waals surface area (Å²) in [6, 6.07) is 8.68. The number of hydrogen-bond acceptors (Lipinski definition) is 4. The lowest BCUT2D eigenvalue weighted by Crippen LogP contribution is -2.33. The molecule has 1 aliphatic rings. The van der Waals surface area contributed by atoms with Crippen LogP contribution in [0.4, 0.5) is 5.82 Å². The third kappa shape index (κ3) is 2.73. The normalized spacial score (nSPS) is 15.7. The summed E-state index contributed by atoms with van der Waals surface area (Å²) in [5.74, 6) is 0.434. The Morgan fingerprint density at radius 1 is 1.29 bits per heavy atom. The van der Waals surface area contributed by atoms with Gasteiger partial charge in [-0.3, -0.25) is 0 Å². The first kappa shape index (κ1) is 14.3. The highest BCUT2D eigenvalue weighted by atomic mass is 32.2. The molecule has 6 heteroatoms. The second-order valence-electron chi connectivity index (χ2n) is 5.44. The highest BCUT2D eigenvalue weighted by Gasteiger charge is 2.37. The van der Waals surface area contributed by atoms with Crippen molar-refractivity contribution in [2.75, 3.05) is 12.3 Å². The molecule has 112 valence electrons. The van der Waals surface area contributed by atoms with E-state index in [4.69, 9.17) is 5.73 Å². The average Bonchev–Trinajstić information content (AvgIpc) is 3.28. The number of sulfonamides is 1. The number of anilines is 1. The molecule has 0 unspecified atom stereocenters. The van der Waals surface area contributed by atoms with E-state index in [2.05, 4.69) is 4.98 Å². The summed E-state index contributed by atoms with van der Waals surface area (Å²) in [5.41, 5.74) is 6.36. The van der Waals surface area contributed by atoms with Crippen molar-refractivity contribution in [3.05, 3.63) is 30.3 Å². The highest BCUT2D eigenvalue weighted by molar-refractivity contribution is 7.89. The number of rotatable bonds is 5. The molecular weight excluding hydrogens is 286 g/mol. The molecule has 2 aromatic rings. The Morgan fingerprint density at radius 2 is 2.05 bits per heavy atom. The van der Waals surface area contributed by atoms with Gasteiger partial charge >= 0.3 is 0 Å². The Labute approximate surface area is 124 Å². The maximum atomic E-state index is 12.8. The third-order valence-corrected chi connectivity index (χ3v) is 5.63. The van der Waals surface area contributed by atoms with Crippen LogP contribution < -0.4 is 5.73 Å². The van der Waals surface area contributed by atoms with E-state index < -0.39 is 10.0 Å². The standard InChI is InChI=1S/C15H19N3O2S/c1-2-9-18(12-4-5-12)21(19,20)13-6-7-14-11(10-13)3-8-15(16)17-14/h3,6-8,10,12H,2,4-5,9H2,1H3,(H2,16,17). The number of nitrogens with two attached hydrogens (primary N) is 1. The molecule has 0 bridgehead atoms. The predicted octanol–water partition coefficient (Wildman–Crippen LogP) is 2.38. The molecule has 21 heavy (non-hydrogen) atoms. The minimum absolute atomic E-state index is 0.176. The van der Waals surface area contributed by atoms with E-state index in [1.165, 1.54) is 0 Å². The van der Waals surface area contributed by atoms with Gasteiger partial charge in [-0.05, 0) is 49.6 Å². The van der Waals surface area contributed by atoms with Crippen molar-refractivity contribution in [3.8, 4) is 0 Å². The molecule has 1 aromatic heterocycles. The topological polar surface area (TPSA) is 76.3 Å². The van der Waals surface area contributed by atoms with Crippen LogP contribution in [0.3, 0.4) is 0 Å². The number of nitrogen functional groups attached to an aromatic ring is 1. The molecule has 0 atom stereocenters. The van der Waals surface area contributed by atoms with Crippen LogP contribution in [0.5, 0.6) is 0 Å². The molecule has 1 fully saturated rings. The van der Waals surface area contributed by atoms with Crippen molar-refractivity contribution >= 4 is 26.7 Å². The Morgan fingerprint density at radius 3 is 2.71 bits per heavy atom. The molecule has 1 saturated carbocycles. The smallest absolute Gasteiger partial charge is 0.243 e. The molecule has 0 aliphatic heterocycles. The van der Waals surface area contributed by atoms with Gasteiger partial charge in [0, 0.05) is 18.0 Å². The van der Waals surface area contributed by atoms with Crippen molar-refractivity contribution < 1.29 is 8.42 Å². The lowest BCUT2D eigenvalue weighted by molar-refractivity contribution is 0.403. The van der Waals surface area contributed by atoms with Gasteiger partial charge in [-0.2, -0.15) is 4.31 Å².